The van der Waals surface area contributed by atoms with Gasteiger partial charge >= 0.3 is 0 Å². The molecule has 2 aliphatic rings. The van der Waals surface area contributed by atoms with E-state index in [2.05, 4.69) is 6.08 Å². The number of fused-ring (bicyclic) bond motifs is 4. The topological polar surface area (TPSA) is 145 Å². The predicted octanol–water partition coefficient (Wildman–Crippen LogP) is 9.46. The Balaban J connectivity index is 1.63. The minimum atomic E-state index is -0.894. The van der Waals surface area contributed by atoms with Crippen LogP contribution in [0.5, 0.6) is 34.5 Å². The lowest BCUT2D eigenvalue weighted by atomic mass is 9.63. The zero-order chi connectivity index (χ0) is 38.5. The number of benzene rings is 4. The number of aromatic hydroxyl groups is 5. The molecule has 0 aliphatic heterocycles. The average Bonchev–Trinajstić information content (AvgIpc) is 3.04. The number of ketones is 2. The number of phenols is 5. The molecule has 0 unspecified atom stereocenters. The molecule has 5 N–H and O–H groups in total. The zero-order valence-corrected chi connectivity index (χ0v) is 31.2. The Morgan fingerprint density at radius 1 is 0.604 bits per heavy atom. The summed E-state index contributed by atoms with van der Waals surface area (Å²) in [6.07, 6.45) is 7.74. The first-order valence-electron chi connectivity index (χ1n) is 17.8. The average molecular weight is 715 g/mol. The Hall–Kier alpha value is -5.76. The Labute approximate surface area is 310 Å². The van der Waals surface area contributed by atoms with Gasteiger partial charge in [-0.25, -0.2) is 0 Å². The number of ether oxygens (including phenoxy) is 1. The van der Waals surface area contributed by atoms with Crippen molar-refractivity contribution in [3.63, 3.8) is 0 Å². The molecule has 8 nitrogen and oxygen atoms in total. The van der Waals surface area contributed by atoms with Crippen LogP contribution in [0.3, 0.4) is 0 Å². The highest BCUT2D eigenvalue weighted by atomic mass is 16.5. The molecule has 2 atom stereocenters. The first kappa shape index (κ1) is 37.0. The Bertz CT molecular complexity index is 2280. The third-order valence-electron chi connectivity index (χ3n) is 10.2. The highest BCUT2D eigenvalue weighted by molar-refractivity contribution is 6.18. The molecule has 0 heterocycles. The van der Waals surface area contributed by atoms with Crippen LogP contribution in [0.1, 0.15) is 130 Å². The fourth-order valence-electron chi connectivity index (χ4n) is 7.75. The number of carbonyl (C=O) groups is 2. The largest absolute Gasteiger partial charge is 0.508 e. The van der Waals surface area contributed by atoms with Gasteiger partial charge in [-0.3, -0.25) is 9.59 Å². The van der Waals surface area contributed by atoms with E-state index in [1.807, 2.05) is 46.8 Å². The molecule has 6 rings (SSSR count). The summed E-state index contributed by atoms with van der Waals surface area (Å²) in [5.41, 5.74) is 6.17. The third-order valence-corrected chi connectivity index (χ3v) is 10.2. The van der Waals surface area contributed by atoms with E-state index >= 15 is 0 Å². The van der Waals surface area contributed by atoms with E-state index in [9.17, 15) is 35.1 Å². The summed E-state index contributed by atoms with van der Waals surface area (Å²) in [7, 11) is 0. The zero-order valence-electron chi connectivity index (χ0n) is 31.2. The lowest BCUT2D eigenvalue weighted by Crippen LogP contribution is -2.30. The first-order valence-corrected chi connectivity index (χ1v) is 17.8. The van der Waals surface area contributed by atoms with Crippen molar-refractivity contribution in [1.82, 2.24) is 0 Å². The van der Waals surface area contributed by atoms with E-state index < -0.39 is 29.2 Å². The number of aryl methyl sites for hydroxylation is 2. The van der Waals surface area contributed by atoms with E-state index in [0.717, 1.165) is 24.0 Å². The van der Waals surface area contributed by atoms with Crippen molar-refractivity contribution in [2.45, 2.75) is 79.6 Å². The summed E-state index contributed by atoms with van der Waals surface area (Å²) in [6.45, 7) is 13.7. The van der Waals surface area contributed by atoms with Crippen molar-refractivity contribution in [2.24, 2.45) is 0 Å². The van der Waals surface area contributed by atoms with Gasteiger partial charge in [-0.2, -0.15) is 0 Å². The Morgan fingerprint density at radius 3 is 1.64 bits per heavy atom. The molecule has 0 bridgehead atoms. The van der Waals surface area contributed by atoms with Crippen LogP contribution < -0.4 is 4.74 Å². The lowest BCUT2D eigenvalue weighted by Gasteiger charge is -2.39. The summed E-state index contributed by atoms with van der Waals surface area (Å²) in [5, 5.41) is 57.6. The molecule has 0 saturated carbocycles. The fourth-order valence-corrected chi connectivity index (χ4v) is 7.75. The van der Waals surface area contributed by atoms with Crippen LogP contribution in [0.25, 0.3) is 0 Å². The Morgan fingerprint density at radius 2 is 1.09 bits per heavy atom. The predicted molar refractivity (Wildman–Crippen MR) is 205 cm³/mol. The number of rotatable bonds is 9. The molecule has 8 heteroatoms. The van der Waals surface area contributed by atoms with Crippen LogP contribution >= 0.6 is 0 Å². The van der Waals surface area contributed by atoms with Gasteiger partial charge in [-0.1, -0.05) is 41.0 Å². The molecule has 0 radical (unpaired) electrons. The molecule has 0 aromatic heterocycles. The van der Waals surface area contributed by atoms with Gasteiger partial charge in [-0.05, 0) is 131 Å². The summed E-state index contributed by atoms with van der Waals surface area (Å²) >= 11 is 0. The Kier molecular flexibility index (Phi) is 10.0. The monoisotopic (exact) mass is 714 g/mol. The van der Waals surface area contributed by atoms with Gasteiger partial charge in [0.15, 0.2) is 0 Å². The molecular formula is C45H46O8. The minimum Gasteiger partial charge on any atom is -0.508 e. The maximum absolute atomic E-state index is 14.4. The maximum atomic E-state index is 14.4. The summed E-state index contributed by atoms with van der Waals surface area (Å²) < 4.78 is 6.02. The number of allylic oxidation sites excluding steroid dienone is 5. The fraction of sp³-hybridized carbons (Fsp3) is 0.289. The van der Waals surface area contributed by atoms with Crippen molar-refractivity contribution < 1.29 is 39.9 Å². The molecule has 53 heavy (non-hydrogen) atoms. The second kappa shape index (κ2) is 14.3. The smallest absolute Gasteiger partial charge is 0.201 e. The van der Waals surface area contributed by atoms with Gasteiger partial charge in [-0.15, -0.1) is 0 Å². The number of phenolic OH excluding ortho intramolecular Hbond substituents is 5. The van der Waals surface area contributed by atoms with Crippen LogP contribution in [-0.2, 0) is 6.42 Å². The van der Waals surface area contributed by atoms with Crippen LogP contribution in [0.2, 0.25) is 0 Å². The van der Waals surface area contributed by atoms with Crippen LogP contribution in [0.4, 0.5) is 0 Å². The molecule has 2 aliphatic carbocycles. The molecule has 0 saturated heterocycles. The van der Waals surface area contributed by atoms with Gasteiger partial charge in [0, 0.05) is 23.5 Å². The van der Waals surface area contributed by atoms with Gasteiger partial charge in [0.2, 0.25) is 11.6 Å². The van der Waals surface area contributed by atoms with Gasteiger partial charge in [0.25, 0.3) is 0 Å². The second-order valence-corrected chi connectivity index (χ2v) is 14.9. The summed E-state index contributed by atoms with van der Waals surface area (Å²) in [5.74, 6) is -4.14. The van der Waals surface area contributed by atoms with E-state index in [-0.39, 0.29) is 69.4 Å². The minimum absolute atomic E-state index is 0.00253. The molecular weight excluding hydrogens is 668 g/mol. The number of hydrogen-bond donors (Lipinski definition) is 5. The number of hydrogen-bond acceptors (Lipinski definition) is 8. The molecule has 0 amide bonds. The van der Waals surface area contributed by atoms with Crippen molar-refractivity contribution in [2.75, 3.05) is 6.61 Å². The molecule has 274 valence electrons. The highest BCUT2D eigenvalue weighted by Gasteiger charge is 2.46. The molecule has 0 fully saturated rings. The molecule has 4 aromatic rings. The van der Waals surface area contributed by atoms with Crippen molar-refractivity contribution in [3.8, 4) is 34.5 Å². The molecule has 4 aromatic carbocycles. The van der Waals surface area contributed by atoms with Crippen molar-refractivity contribution >= 4 is 11.6 Å². The van der Waals surface area contributed by atoms with E-state index in [0.29, 0.717) is 33.6 Å². The second-order valence-electron chi connectivity index (χ2n) is 14.9. The van der Waals surface area contributed by atoms with Crippen molar-refractivity contribution in [1.29, 1.82) is 0 Å². The van der Waals surface area contributed by atoms with Gasteiger partial charge in [0.1, 0.15) is 41.1 Å². The van der Waals surface area contributed by atoms with Crippen LogP contribution in [0.15, 0.2) is 77.4 Å². The van der Waals surface area contributed by atoms with E-state index in [1.165, 1.54) is 29.8 Å². The van der Waals surface area contributed by atoms with E-state index in [1.54, 1.807) is 32.0 Å². The standard InChI is InChI=1S/C45H46O8/c1-22(2)9-8-10-24(5)11-12-28-33(46)21-32-38(30-16-26(7)18-35(48)40(30)45(52)42(32)43(28)50)37-29-15-25(6)17-34(47)39(29)44(51)41-31(37)19-27(20-36(41)49)53-14-13-23(3)4/h9,11,13,15-21,37-38,46-50H,8,10,12,14H2,1-7H3/b24-11+/t37-,38-/m1/s1. The highest BCUT2D eigenvalue weighted by Crippen LogP contribution is 2.57. The van der Waals surface area contributed by atoms with Crippen molar-refractivity contribution in [3.05, 3.63) is 139 Å². The molecule has 0 spiro atoms. The van der Waals surface area contributed by atoms with E-state index in [4.69, 9.17) is 4.74 Å². The number of carbonyl (C=O) groups excluding carboxylic acids is 2. The van der Waals surface area contributed by atoms with Crippen LogP contribution in [-0.4, -0.2) is 43.7 Å². The quantitative estimate of drug-likeness (QED) is 0.108. The normalized spacial score (nSPS) is 15.9. The van der Waals surface area contributed by atoms with Gasteiger partial charge < -0.3 is 30.3 Å². The van der Waals surface area contributed by atoms with Gasteiger partial charge in [0.05, 0.1) is 22.3 Å². The lowest BCUT2D eigenvalue weighted by molar-refractivity contribution is 0.101. The SMILES string of the molecule is CC(C)=CCC/C(C)=C/Cc1c(O)cc2c(c1O)C(=O)c1c(O)cc(C)cc1[C@H]2[C@@H]1c2cc(C)cc(O)c2C(=O)c2c(O)cc(OCC=C(C)C)cc21. The maximum Gasteiger partial charge on any atom is 0.201 e. The summed E-state index contributed by atoms with van der Waals surface area (Å²) in [4.78, 5) is 28.6. The third kappa shape index (κ3) is 6.81. The van der Waals surface area contributed by atoms with Crippen LogP contribution in [0, 0.1) is 13.8 Å². The first-order chi connectivity index (χ1) is 25.1. The summed E-state index contributed by atoms with van der Waals surface area (Å²) in [6, 6.07) is 11.1.